The molecule has 128 valence electrons. The number of hydrogen-bond donors (Lipinski definition) is 1. The molecule has 4 aromatic rings. The van der Waals surface area contributed by atoms with Crippen molar-refractivity contribution >= 4 is 28.2 Å². The molecule has 0 aliphatic rings. The minimum atomic E-state index is -0.424. The first-order chi connectivity index (χ1) is 12.7. The second-order valence-electron chi connectivity index (χ2n) is 5.69. The molecular formula is C20H14N2O3S. The van der Waals surface area contributed by atoms with Crippen LogP contribution in [0, 0.1) is 0 Å². The van der Waals surface area contributed by atoms with Crippen molar-refractivity contribution in [1.29, 1.82) is 0 Å². The molecule has 2 aromatic heterocycles. The van der Waals surface area contributed by atoms with Gasteiger partial charge in [0.1, 0.15) is 10.6 Å². The Bertz CT molecular complexity index is 1130. The largest absolute Gasteiger partial charge is 0.451 e. The summed E-state index contributed by atoms with van der Waals surface area (Å²) in [6.07, 6.45) is 1.76. The van der Waals surface area contributed by atoms with Gasteiger partial charge in [-0.1, -0.05) is 30.3 Å². The summed E-state index contributed by atoms with van der Waals surface area (Å²) < 4.78 is 5.56. The van der Waals surface area contributed by atoms with Gasteiger partial charge in [-0.05, 0) is 23.8 Å². The van der Waals surface area contributed by atoms with E-state index in [9.17, 15) is 9.59 Å². The van der Waals surface area contributed by atoms with Crippen LogP contribution < -0.4 is 10.7 Å². The smallest absolute Gasteiger partial charge is 0.287 e. The molecule has 0 spiro atoms. The van der Waals surface area contributed by atoms with Crippen LogP contribution in [-0.2, 0) is 6.54 Å². The van der Waals surface area contributed by atoms with Gasteiger partial charge >= 0.3 is 0 Å². The van der Waals surface area contributed by atoms with E-state index in [-0.39, 0.29) is 11.2 Å². The first-order valence-electron chi connectivity index (χ1n) is 8.00. The maximum Gasteiger partial charge on any atom is 0.287 e. The van der Waals surface area contributed by atoms with Gasteiger partial charge in [-0.25, -0.2) is 4.98 Å². The molecule has 2 aromatic carbocycles. The van der Waals surface area contributed by atoms with E-state index in [1.807, 2.05) is 29.6 Å². The van der Waals surface area contributed by atoms with E-state index in [1.54, 1.807) is 41.8 Å². The summed E-state index contributed by atoms with van der Waals surface area (Å²) >= 11 is 1.56. The normalized spacial score (nSPS) is 10.8. The predicted octanol–water partition coefficient (Wildman–Crippen LogP) is 3.85. The zero-order chi connectivity index (χ0) is 17.9. The summed E-state index contributed by atoms with van der Waals surface area (Å²) in [6, 6.07) is 15.9. The Hall–Kier alpha value is -3.25. The third-order valence-electron chi connectivity index (χ3n) is 3.92. The number of thiazole rings is 1. The number of nitrogens with one attached hydrogen (secondary N) is 1. The Kier molecular flexibility index (Phi) is 4.33. The first-order valence-corrected chi connectivity index (χ1v) is 8.88. The third kappa shape index (κ3) is 3.27. The number of nitrogens with zero attached hydrogens (tertiary/aromatic N) is 1. The maximum atomic E-state index is 12.4. The lowest BCUT2D eigenvalue weighted by atomic mass is 10.1. The highest BCUT2D eigenvalue weighted by molar-refractivity contribution is 7.13. The second kappa shape index (κ2) is 6.93. The van der Waals surface area contributed by atoms with Crippen molar-refractivity contribution in [3.8, 4) is 10.6 Å². The molecule has 0 aliphatic carbocycles. The summed E-state index contributed by atoms with van der Waals surface area (Å²) in [5.41, 5.74) is 2.11. The number of fused-ring (bicyclic) bond motifs is 1. The molecule has 1 N–H and O–H groups in total. The molecule has 2 heterocycles. The van der Waals surface area contributed by atoms with Crippen LogP contribution in [0.3, 0.4) is 0 Å². The molecule has 4 rings (SSSR count). The minimum Gasteiger partial charge on any atom is -0.451 e. The van der Waals surface area contributed by atoms with E-state index >= 15 is 0 Å². The summed E-state index contributed by atoms with van der Waals surface area (Å²) in [4.78, 5) is 28.8. The van der Waals surface area contributed by atoms with Crippen molar-refractivity contribution in [2.24, 2.45) is 0 Å². The second-order valence-corrected chi connectivity index (χ2v) is 6.59. The van der Waals surface area contributed by atoms with Crippen molar-refractivity contribution < 1.29 is 9.21 Å². The number of aromatic nitrogens is 1. The highest BCUT2D eigenvalue weighted by Crippen LogP contribution is 2.22. The quantitative estimate of drug-likeness (QED) is 0.599. The molecule has 0 unspecified atom stereocenters. The maximum absolute atomic E-state index is 12.4. The zero-order valence-corrected chi connectivity index (χ0v) is 14.5. The molecule has 0 aliphatic heterocycles. The van der Waals surface area contributed by atoms with E-state index in [0.717, 1.165) is 16.1 Å². The van der Waals surface area contributed by atoms with E-state index < -0.39 is 5.91 Å². The molecule has 1 amide bonds. The van der Waals surface area contributed by atoms with Crippen LogP contribution in [0.1, 0.15) is 16.1 Å². The zero-order valence-electron chi connectivity index (χ0n) is 13.6. The van der Waals surface area contributed by atoms with Gasteiger partial charge in [-0.2, -0.15) is 0 Å². The Labute approximate surface area is 152 Å². The molecule has 0 atom stereocenters. The average molecular weight is 362 g/mol. The van der Waals surface area contributed by atoms with Crippen molar-refractivity contribution in [2.45, 2.75) is 6.54 Å². The van der Waals surface area contributed by atoms with E-state index in [4.69, 9.17) is 4.42 Å². The number of benzene rings is 2. The van der Waals surface area contributed by atoms with Gasteiger partial charge in [0, 0.05) is 29.8 Å². The van der Waals surface area contributed by atoms with Crippen molar-refractivity contribution in [1.82, 2.24) is 10.3 Å². The van der Waals surface area contributed by atoms with Gasteiger partial charge in [-0.3, -0.25) is 9.59 Å². The molecule has 0 saturated carbocycles. The van der Waals surface area contributed by atoms with Crippen LogP contribution in [0.2, 0.25) is 0 Å². The van der Waals surface area contributed by atoms with Crippen molar-refractivity contribution in [2.75, 3.05) is 0 Å². The molecule has 0 saturated heterocycles. The van der Waals surface area contributed by atoms with Crippen molar-refractivity contribution in [3.63, 3.8) is 0 Å². The van der Waals surface area contributed by atoms with Crippen LogP contribution >= 0.6 is 11.3 Å². The van der Waals surface area contributed by atoms with Gasteiger partial charge < -0.3 is 9.73 Å². The lowest BCUT2D eigenvalue weighted by molar-refractivity contribution is 0.0923. The Balaban J connectivity index is 1.53. The summed E-state index contributed by atoms with van der Waals surface area (Å²) in [5, 5.41) is 6.10. The van der Waals surface area contributed by atoms with E-state index in [2.05, 4.69) is 10.3 Å². The number of hydrogen-bond acceptors (Lipinski definition) is 5. The fraction of sp³-hybridized carbons (Fsp3) is 0.0500. The molecule has 5 nitrogen and oxygen atoms in total. The number of amides is 1. The lowest BCUT2D eigenvalue weighted by Gasteiger charge is -2.07. The summed E-state index contributed by atoms with van der Waals surface area (Å²) in [7, 11) is 0. The van der Waals surface area contributed by atoms with Gasteiger partial charge in [0.05, 0.1) is 5.39 Å². The fourth-order valence-electron chi connectivity index (χ4n) is 2.67. The number of rotatable bonds is 4. The third-order valence-corrected chi connectivity index (χ3v) is 4.74. The molecule has 6 heteroatoms. The summed E-state index contributed by atoms with van der Waals surface area (Å²) in [5.74, 6) is -0.419. The predicted molar refractivity (Wildman–Crippen MR) is 101 cm³/mol. The SMILES string of the molecule is O=C(NCc1cccc(-c2nccs2)c1)c1cc(=O)c2ccccc2o1. The van der Waals surface area contributed by atoms with Gasteiger partial charge in [-0.15, -0.1) is 11.3 Å². The molecule has 0 radical (unpaired) electrons. The average Bonchev–Trinajstić information content (AvgIpc) is 3.21. The van der Waals surface area contributed by atoms with E-state index in [1.165, 1.54) is 6.07 Å². The molecule has 0 fully saturated rings. The van der Waals surface area contributed by atoms with Gasteiger partial charge in [0.25, 0.3) is 5.91 Å². The fourth-order valence-corrected chi connectivity index (χ4v) is 3.30. The standard InChI is InChI=1S/C20H14N2O3S/c23-16-11-18(25-17-7-2-1-6-15(16)17)19(24)22-12-13-4-3-5-14(10-13)20-21-8-9-26-20/h1-11H,12H2,(H,22,24). The summed E-state index contributed by atoms with van der Waals surface area (Å²) in [6.45, 7) is 0.328. The minimum absolute atomic E-state index is 0.00442. The van der Waals surface area contributed by atoms with Crippen molar-refractivity contribution in [3.05, 3.63) is 87.7 Å². The molecule has 26 heavy (non-hydrogen) atoms. The Morgan fingerprint density at radius 1 is 1.12 bits per heavy atom. The van der Waals surface area contributed by atoms with Gasteiger partial charge in [0.15, 0.2) is 11.2 Å². The van der Waals surface area contributed by atoms with Crippen LogP contribution in [0.25, 0.3) is 21.5 Å². The number of carbonyl (C=O) groups excluding carboxylic acids is 1. The Morgan fingerprint density at radius 2 is 2.00 bits per heavy atom. The number of carbonyl (C=O) groups is 1. The van der Waals surface area contributed by atoms with E-state index in [0.29, 0.717) is 17.5 Å². The topological polar surface area (TPSA) is 72.2 Å². The number of para-hydroxylation sites is 1. The van der Waals surface area contributed by atoms with Crippen LogP contribution in [-0.4, -0.2) is 10.9 Å². The highest BCUT2D eigenvalue weighted by atomic mass is 32.1. The van der Waals surface area contributed by atoms with Crippen LogP contribution in [0.4, 0.5) is 0 Å². The molecular weight excluding hydrogens is 348 g/mol. The van der Waals surface area contributed by atoms with Crippen LogP contribution in [0.5, 0.6) is 0 Å². The first kappa shape index (κ1) is 16.2. The van der Waals surface area contributed by atoms with Crippen LogP contribution in [0.15, 0.2) is 75.4 Å². The van der Waals surface area contributed by atoms with Gasteiger partial charge in [0.2, 0.25) is 0 Å². The highest BCUT2D eigenvalue weighted by Gasteiger charge is 2.12. The lowest BCUT2D eigenvalue weighted by Crippen LogP contribution is -2.24. The Morgan fingerprint density at radius 3 is 2.85 bits per heavy atom. The monoisotopic (exact) mass is 362 g/mol. The molecule has 0 bridgehead atoms.